The highest BCUT2D eigenvalue weighted by molar-refractivity contribution is 9.11. The second-order valence-corrected chi connectivity index (χ2v) is 7.13. The molecule has 1 aromatic carbocycles. The molecule has 1 aromatic rings. The molecule has 0 aliphatic carbocycles. The fourth-order valence-corrected chi connectivity index (χ4v) is 3.10. The molecule has 6 heteroatoms. The molecule has 0 aliphatic rings. The van der Waals surface area contributed by atoms with Gasteiger partial charge in [0.1, 0.15) is 0 Å². The molecule has 88 valence electrons. The Morgan fingerprint density at radius 1 is 1.25 bits per heavy atom. The van der Waals surface area contributed by atoms with Crippen molar-refractivity contribution >= 4 is 31.7 Å². The number of hydrogen-bond donors (Lipinski definition) is 0. The van der Waals surface area contributed by atoms with Gasteiger partial charge in [-0.05, 0) is 0 Å². The monoisotopic (exact) mass is 305 g/mol. The Morgan fingerprint density at radius 2 is 1.75 bits per heavy atom. The normalized spacial score (nSPS) is 13.8. The highest BCUT2D eigenvalue weighted by atomic mass is 79.9. The van der Waals surface area contributed by atoms with Gasteiger partial charge in [0.2, 0.25) is 10.0 Å². The third kappa shape index (κ3) is 2.69. The largest absolute Gasteiger partial charge is 0.292 e. The van der Waals surface area contributed by atoms with Crippen molar-refractivity contribution in [2.45, 2.75) is 4.16 Å². The minimum Gasteiger partial charge on any atom is -0.292 e. The smallest absolute Gasteiger partial charge is 0.234 e. The standard InChI is InChI=1S/C10H12BrNO3S/c1-12(2)16(14,15)10(11)9(13)8-6-4-3-5-7-8/h3-7,10H,1-2H3. The summed E-state index contributed by atoms with van der Waals surface area (Å²) < 4.78 is 23.2. The molecule has 0 radical (unpaired) electrons. The summed E-state index contributed by atoms with van der Waals surface area (Å²) in [7, 11) is -0.842. The predicted molar refractivity (Wildman–Crippen MR) is 66.1 cm³/mol. The summed E-state index contributed by atoms with van der Waals surface area (Å²) in [5.41, 5.74) is 0.370. The van der Waals surface area contributed by atoms with Crippen LogP contribution in [0.2, 0.25) is 0 Å². The van der Waals surface area contributed by atoms with Gasteiger partial charge in [0.15, 0.2) is 9.94 Å². The van der Waals surface area contributed by atoms with Gasteiger partial charge in [-0.1, -0.05) is 46.3 Å². The minimum absolute atomic E-state index is 0.370. The Labute approximate surface area is 103 Å². The van der Waals surface area contributed by atoms with E-state index < -0.39 is 20.0 Å². The van der Waals surface area contributed by atoms with E-state index in [1.807, 2.05) is 0 Å². The maximum absolute atomic E-state index is 11.8. The van der Waals surface area contributed by atoms with Crippen molar-refractivity contribution in [1.82, 2.24) is 4.31 Å². The second kappa shape index (κ2) is 5.07. The number of ketones is 1. The third-order valence-corrected chi connectivity index (χ3v) is 5.62. The summed E-state index contributed by atoms with van der Waals surface area (Å²) >= 11 is 2.92. The molecule has 1 unspecified atom stereocenters. The van der Waals surface area contributed by atoms with Crippen LogP contribution in [0.3, 0.4) is 0 Å². The summed E-state index contributed by atoms with van der Waals surface area (Å²) in [6.07, 6.45) is 0. The molecule has 0 saturated heterocycles. The van der Waals surface area contributed by atoms with Gasteiger partial charge >= 0.3 is 0 Å². The van der Waals surface area contributed by atoms with E-state index in [-0.39, 0.29) is 0 Å². The van der Waals surface area contributed by atoms with Crippen molar-refractivity contribution < 1.29 is 13.2 Å². The minimum atomic E-state index is -3.62. The molecule has 0 fully saturated rings. The molecule has 0 heterocycles. The van der Waals surface area contributed by atoms with Gasteiger partial charge < -0.3 is 0 Å². The summed E-state index contributed by atoms with van der Waals surface area (Å²) in [6, 6.07) is 8.31. The summed E-state index contributed by atoms with van der Waals surface area (Å²) in [5.74, 6) is -0.464. The number of alkyl halides is 1. The van der Waals surface area contributed by atoms with Crippen LogP contribution in [-0.4, -0.2) is 36.8 Å². The molecule has 1 rings (SSSR count). The first-order valence-electron chi connectivity index (χ1n) is 4.52. The van der Waals surface area contributed by atoms with E-state index >= 15 is 0 Å². The van der Waals surface area contributed by atoms with Gasteiger partial charge in [-0.15, -0.1) is 0 Å². The van der Waals surface area contributed by atoms with Crippen LogP contribution >= 0.6 is 15.9 Å². The number of carbonyl (C=O) groups excluding carboxylic acids is 1. The van der Waals surface area contributed by atoms with Crippen LogP contribution in [0.25, 0.3) is 0 Å². The lowest BCUT2D eigenvalue weighted by Gasteiger charge is -2.15. The maximum atomic E-state index is 11.8. The van der Waals surface area contributed by atoms with Crippen molar-refractivity contribution in [3.63, 3.8) is 0 Å². The second-order valence-electron chi connectivity index (χ2n) is 3.37. The topological polar surface area (TPSA) is 54.5 Å². The first-order valence-corrected chi connectivity index (χ1v) is 6.94. The summed E-state index contributed by atoms with van der Waals surface area (Å²) in [5, 5.41) is 0. The zero-order chi connectivity index (χ0) is 12.3. The van der Waals surface area contributed by atoms with Crippen molar-refractivity contribution in [3.05, 3.63) is 35.9 Å². The summed E-state index contributed by atoms with van der Waals surface area (Å²) in [6.45, 7) is 0. The zero-order valence-electron chi connectivity index (χ0n) is 8.92. The average Bonchev–Trinajstić information content (AvgIpc) is 2.28. The molecule has 0 amide bonds. The molecule has 1 atom stereocenters. The van der Waals surface area contributed by atoms with Crippen LogP contribution in [0.5, 0.6) is 0 Å². The highest BCUT2D eigenvalue weighted by Crippen LogP contribution is 2.17. The van der Waals surface area contributed by atoms with Crippen LogP contribution in [0.4, 0.5) is 0 Å². The zero-order valence-corrected chi connectivity index (χ0v) is 11.3. The number of carbonyl (C=O) groups is 1. The van der Waals surface area contributed by atoms with E-state index in [1.54, 1.807) is 30.3 Å². The Balaban J connectivity index is 3.01. The molecular formula is C10H12BrNO3S. The lowest BCUT2D eigenvalue weighted by atomic mass is 10.2. The van der Waals surface area contributed by atoms with Crippen LogP contribution in [0.1, 0.15) is 10.4 Å². The molecule has 0 spiro atoms. The number of Topliss-reactive ketones (excluding diaryl/α,β-unsaturated/α-hetero) is 1. The molecule has 16 heavy (non-hydrogen) atoms. The molecule has 0 bridgehead atoms. The number of halogens is 1. The number of sulfonamides is 1. The lowest BCUT2D eigenvalue weighted by molar-refractivity contribution is 0.101. The van der Waals surface area contributed by atoms with Crippen LogP contribution in [0.15, 0.2) is 30.3 Å². The number of hydrogen-bond acceptors (Lipinski definition) is 3. The van der Waals surface area contributed by atoms with Crippen molar-refractivity contribution in [1.29, 1.82) is 0 Å². The van der Waals surface area contributed by atoms with E-state index in [1.165, 1.54) is 14.1 Å². The van der Waals surface area contributed by atoms with Crippen LogP contribution in [0, 0.1) is 0 Å². The molecule has 4 nitrogen and oxygen atoms in total. The Hall–Kier alpha value is -0.720. The first kappa shape index (κ1) is 13.3. The van der Waals surface area contributed by atoms with Gasteiger partial charge in [0.25, 0.3) is 0 Å². The van der Waals surface area contributed by atoms with Gasteiger partial charge in [-0.25, -0.2) is 12.7 Å². The fourth-order valence-electron chi connectivity index (χ4n) is 1.05. The van der Waals surface area contributed by atoms with Crippen molar-refractivity contribution in [2.75, 3.05) is 14.1 Å². The van der Waals surface area contributed by atoms with E-state index in [0.29, 0.717) is 5.56 Å². The lowest BCUT2D eigenvalue weighted by Crippen LogP contribution is -2.34. The fraction of sp³-hybridized carbons (Fsp3) is 0.300. The Kier molecular flexibility index (Phi) is 4.23. The van der Waals surface area contributed by atoms with Crippen LogP contribution in [-0.2, 0) is 10.0 Å². The average molecular weight is 306 g/mol. The van der Waals surface area contributed by atoms with Crippen molar-refractivity contribution in [3.8, 4) is 0 Å². The summed E-state index contributed by atoms with van der Waals surface area (Å²) in [4.78, 5) is 11.8. The Bertz CT molecular complexity index is 470. The van der Waals surface area contributed by atoms with E-state index in [4.69, 9.17) is 0 Å². The molecule has 0 aliphatic heterocycles. The van der Waals surface area contributed by atoms with Crippen molar-refractivity contribution in [2.24, 2.45) is 0 Å². The van der Waals surface area contributed by atoms with E-state index in [0.717, 1.165) is 4.31 Å². The SMILES string of the molecule is CN(C)S(=O)(=O)C(Br)C(=O)c1ccccc1. The van der Waals surface area contributed by atoms with E-state index in [9.17, 15) is 13.2 Å². The first-order chi connectivity index (χ1) is 7.37. The van der Waals surface area contributed by atoms with Gasteiger partial charge in [-0.2, -0.15) is 0 Å². The molecule has 0 saturated carbocycles. The predicted octanol–water partition coefficient (Wildman–Crippen LogP) is 1.48. The quantitative estimate of drug-likeness (QED) is 0.625. The van der Waals surface area contributed by atoms with Crippen LogP contribution < -0.4 is 0 Å². The number of nitrogens with zero attached hydrogens (tertiary/aromatic N) is 1. The maximum Gasteiger partial charge on any atom is 0.234 e. The molecular weight excluding hydrogens is 294 g/mol. The van der Waals surface area contributed by atoms with Gasteiger partial charge in [0.05, 0.1) is 0 Å². The molecule has 0 aromatic heterocycles. The highest BCUT2D eigenvalue weighted by Gasteiger charge is 2.32. The molecule has 0 N–H and O–H groups in total. The number of benzene rings is 1. The van der Waals surface area contributed by atoms with Gasteiger partial charge in [-0.3, -0.25) is 4.79 Å². The third-order valence-electron chi connectivity index (χ3n) is 2.03. The Morgan fingerprint density at radius 3 is 2.19 bits per heavy atom. The number of rotatable bonds is 4. The van der Waals surface area contributed by atoms with E-state index in [2.05, 4.69) is 15.9 Å². The van der Waals surface area contributed by atoms with Gasteiger partial charge in [0, 0.05) is 19.7 Å².